The summed E-state index contributed by atoms with van der Waals surface area (Å²) in [6, 6.07) is 3.78. The number of nitrogens with two attached hydrogens (primary N) is 1. The topological polar surface area (TPSA) is 123 Å². The van der Waals surface area contributed by atoms with Gasteiger partial charge in [-0.1, -0.05) is 0 Å². The van der Waals surface area contributed by atoms with Crippen molar-refractivity contribution < 1.29 is 13.3 Å². The van der Waals surface area contributed by atoms with Gasteiger partial charge in [-0.25, -0.2) is 18.5 Å². The van der Waals surface area contributed by atoms with E-state index in [-0.39, 0.29) is 10.6 Å². The quantitative estimate of drug-likeness (QED) is 0.596. The van der Waals surface area contributed by atoms with Gasteiger partial charge in [-0.2, -0.15) is 0 Å². The first-order chi connectivity index (χ1) is 12.2. The predicted molar refractivity (Wildman–Crippen MR) is 98.8 cm³/mol. The Hall–Kier alpha value is -2.08. The Balaban J connectivity index is 1.75. The van der Waals surface area contributed by atoms with Crippen LogP contribution in [0.4, 0.5) is 11.4 Å². The maximum atomic E-state index is 11.9. The zero-order chi connectivity index (χ0) is 18.9. The summed E-state index contributed by atoms with van der Waals surface area (Å²) in [7, 11) is -4.07. The molecule has 0 spiro atoms. The van der Waals surface area contributed by atoms with Gasteiger partial charge in [-0.05, 0) is 13.0 Å². The number of nitro groups is 1. The lowest BCUT2D eigenvalue weighted by Crippen LogP contribution is -2.46. The third-order valence-corrected chi connectivity index (χ3v) is 5.99. The maximum Gasteiger partial charge on any atom is 0.270 e. The molecule has 0 radical (unpaired) electrons. The van der Waals surface area contributed by atoms with Crippen molar-refractivity contribution in [1.82, 2.24) is 9.88 Å². The van der Waals surface area contributed by atoms with Gasteiger partial charge in [0.2, 0.25) is 10.0 Å². The van der Waals surface area contributed by atoms with E-state index in [1.807, 2.05) is 17.2 Å². The molecular formula is C15H19N5O4S2. The van der Waals surface area contributed by atoms with E-state index in [9.17, 15) is 18.5 Å². The Labute approximate surface area is 155 Å². The third kappa shape index (κ3) is 4.18. The fourth-order valence-corrected chi connectivity index (χ4v) is 4.34. The molecule has 2 aromatic rings. The largest absolute Gasteiger partial charge is 0.368 e. The minimum absolute atomic E-state index is 0.213. The van der Waals surface area contributed by atoms with Crippen LogP contribution in [0.15, 0.2) is 28.5 Å². The number of non-ortho nitro benzene ring substituents is 1. The highest BCUT2D eigenvalue weighted by Gasteiger charge is 2.25. The molecular weight excluding hydrogens is 378 g/mol. The van der Waals surface area contributed by atoms with Crippen molar-refractivity contribution in [2.45, 2.75) is 18.4 Å². The number of primary sulfonamides is 1. The van der Waals surface area contributed by atoms with E-state index in [0.29, 0.717) is 18.8 Å². The molecule has 2 N–H and O–H groups in total. The van der Waals surface area contributed by atoms with E-state index in [2.05, 4.69) is 9.88 Å². The lowest BCUT2D eigenvalue weighted by molar-refractivity contribution is -0.385. The Morgan fingerprint density at radius 1 is 1.31 bits per heavy atom. The molecule has 0 saturated carbocycles. The van der Waals surface area contributed by atoms with Gasteiger partial charge in [-0.15, -0.1) is 11.3 Å². The number of benzene rings is 1. The van der Waals surface area contributed by atoms with Crippen molar-refractivity contribution in [2.75, 3.05) is 31.1 Å². The summed E-state index contributed by atoms with van der Waals surface area (Å²) in [4.78, 5) is 18.7. The van der Waals surface area contributed by atoms with Gasteiger partial charge in [0.05, 0.1) is 21.3 Å². The highest BCUT2D eigenvalue weighted by Crippen LogP contribution is 2.29. The van der Waals surface area contributed by atoms with Gasteiger partial charge in [0.1, 0.15) is 4.90 Å². The molecule has 26 heavy (non-hydrogen) atoms. The van der Waals surface area contributed by atoms with E-state index in [1.54, 1.807) is 11.3 Å². The Morgan fingerprint density at radius 3 is 2.54 bits per heavy atom. The lowest BCUT2D eigenvalue weighted by atomic mass is 10.2. The van der Waals surface area contributed by atoms with E-state index in [1.165, 1.54) is 12.1 Å². The van der Waals surface area contributed by atoms with Gasteiger partial charge in [-0.3, -0.25) is 15.0 Å². The Bertz CT molecular complexity index is 920. The number of nitro benzene ring substituents is 1. The summed E-state index contributed by atoms with van der Waals surface area (Å²) in [5, 5.41) is 19.3. The summed E-state index contributed by atoms with van der Waals surface area (Å²) in [6.07, 6.45) is 0. The highest BCUT2D eigenvalue weighted by molar-refractivity contribution is 7.89. The number of piperazine rings is 1. The van der Waals surface area contributed by atoms with Crippen molar-refractivity contribution in [2.24, 2.45) is 5.14 Å². The van der Waals surface area contributed by atoms with Crippen LogP contribution < -0.4 is 10.0 Å². The number of sulfonamides is 1. The van der Waals surface area contributed by atoms with Crippen LogP contribution in [-0.4, -0.2) is 49.4 Å². The average molecular weight is 397 g/mol. The second kappa shape index (κ2) is 7.27. The summed E-state index contributed by atoms with van der Waals surface area (Å²) in [5.41, 5.74) is 1.14. The summed E-state index contributed by atoms with van der Waals surface area (Å²) >= 11 is 1.61. The molecule has 9 nitrogen and oxygen atoms in total. The smallest absolute Gasteiger partial charge is 0.270 e. The number of aryl methyl sites for hydroxylation is 1. The summed E-state index contributed by atoms with van der Waals surface area (Å²) < 4.78 is 23.8. The van der Waals surface area contributed by atoms with Crippen molar-refractivity contribution in [3.8, 4) is 0 Å². The Morgan fingerprint density at radius 2 is 2.00 bits per heavy atom. The van der Waals surface area contributed by atoms with Gasteiger partial charge in [0.15, 0.2) is 0 Å². The molecule has 2 heterocycles. The lowest BCUT2D eigenvalue weighted by Gasteiger charge is -2.36. The van der Waals surface area contributed by atoms with Crippen molar-refractivity contribution in [1.29, 1.82) is 0 Å². The van der Waals surface area contributed by atoms with Crippen LogP contribution in [0, 0.1) is 17.0 Å². The fourth-order valence-electron chi connectivity index (χ4n) is 2.96. The molecule has 1 fully saturated rings. The molecule has 0 aliphatic carbocycles. The standard InChI is InChI=1S/C15H19N5O4S2/c1-11-17-12(10-25-11)9-18-4-6-19(7-5-18)14-3-2-13(20(21)22)8-15(14)26(16,23)24/h2-3,8,10H,4-7,9H2,1H3,(H2,16,23,24). The summed E-state index contributed by atoms with van der Waals surface area (Å²) in [6.45, 7) is 5.39. The van der Waals surface area contributed by atoms with Crippen LogP contribution in [0.2, 0.25) is 0 Å². The number of anilines is 1. The SMILES string of the molecule is Cc1nc(CN2CCN(c3ccc([N+](=O)[O-])cc3S(N)(=O)=O)CC2)cs1. The highest BCUT2D eigenvalue weighted by atomic mass is 32.2. The Kier molecular flexibility index (Phi) is 5.23. The molecule has 0 bridgehead atoms. The molecule has 1 aromatic carbocycles. The maximum absolute atomic E-state index is 11.9. The number of thiazole rings is 1. The van der Waals surface area contributed by atoms with Crippen LogP contribution in [-0.2, 0) is 16.6 Å². The van der Waals surface area contributed by atoms with E-state index < -0.39 is 14.9 Å². The first-order valence-electron chi connectivity index (χ1n) is 7.93. The van der Waals surface area contributed by atoms with Gasteiger partial charge >= 0.3 is 0 Å². The molecule has 140 valence electrons. The zero-order valence-electron chi connectivity index (χ0n) is 14.2. The average Bonchev–Trinajstić information content (AvgIpc) is 2.99. The molecule has 1 aliphatic rings. The van der Waals surface area contributed by atoms with E-state index >= 15 is 0 Å². The van der Waals surface area contributed by atoms with Gasteiger partial charge in [0, 0.05) is 50.2 Å². The number of nitrogens with zero attached hydrogens (tertiary/aromatic N) is 4. The van der Waals surface area contributed by atoms with Crippen LogP contribution in [0.25, 0.3) is 0 Å². The normalized spacial score (nSPS) is 16.0. The zero-order valence-corrected chi connectivity index (χ0v) is 15.8. The second-order valence-corrected chi connectivity index (χ2v) is 8.67. The molecule has 0 atom stereocenters. The van der Waals surface area contributed by atoms with E-state index in [0.717, 1.165) is 36.4 Å². The van der Waals surface area contributed by atoms with Crippen molar-refractivity contribution in [3.63, 3.8) is 0 Å². The van der Waals surface area contributed by atoms with Crippen LogP contribution in [0.1, 0.15) is 10.7 Å². The minimum Gasteiger partial charge on any atom is -0.368 e. The first-order valence-corrected chi connectivity index (χ1v) is 10.4. The number of hydrogen-bond donors (Lipinski definition) is 1. The number of rotatable bonds is 5. The predicted octanol–water partition coefficient (Wildman–Crippen LogP) is 1.33. The molecule has 11 heteroatoms. The monoisotopic (exact) mass is 397 g/mol. The number of hydrogen-bond acceptors (Lipinski definition) is 8. The molecule has 1 aromatic heterocycles. The molecule has 1 aliphatic heterocycles. The third-order valence-electron chi connectivity index (χ3n) is 4.23. The fraction of sp³-hybridized carbons (Fsp3) is 0.400. The molecule has 3 rings (SSSR count). The summed E-state index contributed by atoms with van der Waals surface area (Å²) in [5.74, 6) is 0. The second-order valence-electron chi connectivity index (χ2n) is 6.08. The molecule has 0 amide bonds. The van der Waals surface area contributed by atoms with Gasteiger partial charge in [0.25, 0.3) is 5.69 Å². The number of aromatic nitrogens is 1. The minimum atomic E-state index is -4.07. The van der Waals surface area contributed by atoms with Crippen LogP contribution in [0.3, 0.4) is 0 Å². The molecule has 1 saturated heterocycles. The van der Waals surface area contributed by atoms with Crippen molar-refractivity contribution in [3.05, 3.63) is 44.4 Å². The molecule has 0 unspecified atom stereocenters. The van der Waals surface area contributed by atoms with Crippen molar-refractivity contribution >= 4 is 32.7 Å². The van der Waals surface area contributed by atoms with Crippen LogP contribution >= 0.6 is 11.3 Å². The van der Waals surface area contributed by atoms with Crippen LogP contribution in [0.5, 0.6) is 0 Å². The van der Waals surface area contributed by atoms with E-state index in [4.69, 9.17) is 5.14 Å². The van der Waals surface area contributed by atoms with Gasteiger partial charge < -0.3 is 4.90 Å². The first kappa shape index (κ1) is 18.7.